The van der Waals surface area contributed by atoms with Crippen molar-refractivity contribution in [3.05, 3.63) is 59.4 Å². The van der Waals surface area contributed by atoms with Crippen LogP contribution < -0.4 is 5.32 Å². The monoisotopic (exact) mass is 379 g/mol. The molecule has 28 heavy (non-hydrogen) atoms. The van der Waals surface area contributed by atoms with Gasteiger partial charge in [-0.2, -0.15) is 0 Å². The molecular formula is C22H25N3O3. The maximum atomic E-state index is 13.0. The number of benzene rings is 2. The van der Waals surface area contributed by atoms with Crippen LogP contribution in [-0.2, 0) is 6.54 Å². The Kier molecular flexibility index (Phi) is 5.07. The number of para-hydroxylation sites is 1. The zero-order valence-corrected chi connectivity index (χ0v) is 16.2. The van der Waals surface area contributed by atoms with Gasteiger partial charge in [0.05, 0.1) is 5.56 Å². The Bertz CT molecular complexity index is 989. The van der Waals surface area contributed by atoms with Crippen LogP contribution in [0.1, 0.15) is 21.7 Å². The number of phenolic OH excluding ortho intramolecular Hbond substituents is 1. The van der Waals surface area contributed by atoms with Gasteiger partial charge in [-0.25, -0.2) is 0 Å². The number of fused-ring (bicyclic) bond motifs is 1. The summed E-state index contributed by atoms with van der Waals surface area (Å²) >= 11 is 0. The molecule has 0 saturated carbocycles. The SMILES string of the molecule is Cc1oc2ccc(O)c(CN3CCN(C)CC3)c2c1C(=O)Nc1ccccc1. The van der Waals surface area contributed by atoms with Crippen molar-refractivity contribution >= 4 is 22.6 Å². The third-order valence-electron chi connectivity index (χ3n) is 5.35. The lowest BCUT2D eigenvalue weighted by molar-refractivity contribution is 0.102. The third kappa shape index (κ3) is 3.61. The molecule has 1 fully saturated rings. The number of carbonyl (C=O) groups excluding carboxylic acids is 1. The molecule has 0 spiro atoms. The summed E-state index contributed by atoms with van der Waals surface area (Å²) in [6, 6.07) is 12.7. The molecular weight excluding hydrogens is 354 g/mol. The van der Waals surface area contributed by atoms with Gasteiger partial charge in [-0.3, -0.25) is 9.69 Å². The summed E-state index contributed by atoms with van der Waals surface area (Å²) in [5.74, 6) is 0.516. The van der Waals surface area contributed by atoms with Gasteiger partial charge in [-0.1, -0.05) is 18.2 Å². The molecule has 146 valence electrons. The van der Waals surface area contributed by atoms with Crippen LogP contribution in [0.25, 0.3) is 11.0 Å². The minimum Gasteiger partial charge on any atom is -0.508 e. The number of nitrogens with zero attached hydrogens (tertiary/aromatic N) is 2. The van der Waals surface area contributed by atoms with E-state index in [0.29, 0.717) is 28.8 Å². The van der Waals surface area contributed by atoms with Crippen LogP contribution in [-0.4, -0.2) is 54.0 Å². The Morgan fingerprint density at radius 1 is 1.11 bits per heavy atom. The average molecular weight is 379 g/mol. The number of likely N-dealkylation sites (N-methyl/N-ethyl adjacent to an activating group) is 1. The smallest absolute Gasteiger partial charge is 0.259 e. The first-order valence-corrected chi connectivity index (χ1v) is 9.54. The van der Waals surface area contributed by atoms with Crippen molar-refractivity contribution in [3.8, 4) is 5.75 Å². The fourth-order valence-corrected chi connectivity index (χ4v) is 3.74. The number of anilines is 1. The number of hydrogen-bond acceptors (Lipinski definition) is 5. The van der Waals surface area contributed by atoms with Gasteiger partial charge in [0.15, 0.2) is 0 Å². The first kappa shape index (κ1) is 18.5. The van der Waals surface area contributed by atoms with E-state index >= 15 is 0 Å². The summed E-state index contributed by atoms with van der Waals surface area (Å²) < 4.78 is 5.86. The normalized spacial score (nSPS) is 15.8. The molecule has 4 rings (SSSR count). The number of piperazine rings is 1. The van der Waals surface area contributed by atoms with Crippen LogP contribution in [0.4, 0.5) is 5.69 Å². The van der Waals surface area contributed by atoms with Gasteiger partial charge < -0.3 is 19.7 Å². The predicted octanol–water partition coefficient (Wildman–Crippen LogP) is 3.45. The second-order valence-electron chi connectivity index (χ2n) is 7.37. The predicted molar refractivity (Wildman–Crippen MR) is 110 cm³/mol. The minimum absolute atomic E-state index is 0.195. The van der Waals surface area contributed by atoms with E-state index in [4.69, 9.17) is 4.42 Å². The lowest BCUT2D eigenvalue weighted by Crippen LogP contribution is -2.43. The molecule has 1 saturated heterocycles. The summed E-state index contributed by atoms with van der Waals surface area (Å²) in [5, 5.41) is 14.2. The molecule has 6 heteroatoms. The molecule has 2 aromatic carbocycles. The van der Waals surface area contributed by atoms with Crippen molar-refractivity contribution in [1.82, 2.24) is 9.80 Å². The zero-order valence-electron chi connectivity index (χ0n) is 16.2. The maximum absolute atomic E-state index is 13.0. The van der Waals surface area contributed by atoms with E-state index < -0.39 is 0 Å². The third-order valence-corrected chi connectivity index (χ3v) is 5.35. The van der Waals surface area contributed by atoms with Crippen molar-refractivity contribution in [2.24, 2.45) is 0 Å². The van der Waals surface area contributed by atoms with Crippen molar-refractivity contribution in [3.63, 3.8) is 0 Å². The van der Waals surface area contributed by atoms with Crippen LogP contribution in [0.5, 0.6) is 5.75 Å². The van der Waals surface area contributed by atoms with Crippen molar-refractivity contribution in [1.29, 1.82) is 0 Å². The topological polar surface area (TPSA) is 69.0 Å². The summed E-state index contributed by atoms with van der Waals surface area (Å²) in [6.45, 7) is 6.20. The van der Waals surface area contributed by atoms with E-state index in [-0.39, 0.29) is 11.7 Å². The molecule has 3 aromatic rings. The van der Waals surface area contributed by atoms with E-state index in [0.717, 1.165) is 37.4 Å². The summed E-state index contributed by atoms with van der Waals surface area (Å²) in [4.78, 5) is 17.6. The summed E-state index contributed by atoms with van der Waals surface area (Å²) in [7, 11) is 2.11. The Hall–Kier alpha value is -2.83. The van der Waals surface area contributed by atoms with E-state index in [2.05, 4.69) is 22.2 Å². The summed E-state index contributed by atoms with van der Waals surface area (Å²) in [6.07, 6.45) is 0. The fourth-order valence-electron chi connectivity index (χ4n) is 3.74. The number of amides is 1. The number of furan rings is 1. The van der Waals surface area contributed by atoms with E-state index in [1.54, 1.807) is 19.1 Å². The average Bonchev–Trinajstić information content (AvgIpc) is 3.03. The van der Waals surface area contributed by atoms with Crippen molar-refractivity contribution in [2.45, 2.75) is 13.5 Å². The Balaban J connectivity index is 1.71. The van der Waals surface area contributed by atoms with Gasteiger partial charge in [-0.05, 0) is 38.2 Å². The lowest BCUT2D eigenvalue weighted by atomic mass is 10.0. The maximum Gasteiger partial charge on any atom is 0.259 e. The Labute approximate surface area is 164 Å². The molecule has 0 atom stereocenters. The van der Waals surface area contributed by atoms with Crippen LogP contribution in [0.15, 0.2) is 46.9 Å². The van der Waals surface area contributed by atoms with Crippen LogP contribution >= 0.6 is 0 Å². The molecule has 0 bridgehead atoms. The molecule has 0 radical (unpaired) electrons. The lowest BCUT2D eigenvalue weighted by Gasteiger charge is -2.32. The van der Waals surface area contributed by atoms with Gasteiger partial charge in [0.2, 0.25) is 0 Å². The first-order valence-electron chi connectivity index (χ1n) is 9.54. The van der Waals surface area contributed by atoms with Crippen LogP contribution in [0.3, 0.4) is 0 Å². The van der Waals surface area contributed by atoms with E-state index in [1.807, 2.05) is 30.3 Å². The Morgan fingerprint density at radius 3 is 2.54 bits per heavy atom. The van der Waals surface area contributed by atoms with E-state index in [9.17, 15) is 9.90 Å². The van der Waals surface area contributed by atoms with Gasteiger partial charge in [0.1, 0.15) is 17.1 Å². The van der Waals surface area contributed by atoms with Gasteiger partial charge in [0, 0.05) is 49.4 Å². The highest BCUT2D eigenvalue weighted by Gasteiger charge is 2.25. The minimum atomic E-state index is -0.229. The van der Waals surface area contributed by atoms with Gasteiger partial charge in [-0.15, -0.1) is 0 Å². The quantitative estimate of drug-likeness (QED) is 0.727. The molecule has 1 amide bonds. The number of nitrogens with one attached hydrogen (secondary N) is 1. The second-order valence-corrected chi connectivity index (χ2v) is 7.37. The highest BCUT2D eigenvalue weighted by Crippen LogP contribution is 2.35. The number of hydrogen-bond donors (Lipinski definition) is 2. The number of rotatable bonds is 4. The Morgan fingerprint density at radius 2 is 1.82 bits per heavy atom. The van der Waals surface area contributed by atoms with Gasteiger partial charge in [0.25, 0.3) is 5.91 Å². The molecule has 1 aliphatic rings. The fraction of sp³-hybridized carbons (Fsp3) is 0.318. The van der Waals surface area contributed by atoms with Crippen molar-refractivity contribution < 1.29 is 14.3 Å². The zero-order chi connectivity index (χ0) is 19.7. The number of aryl methyl sites for hydroxylation is 1. The molecule has 2 N–H and O–H groups in total. The standard InChI is InChI=1S/C22H25N3O3/c1-15-20(22(27)23-16-6-4-3-5-7-16)21-17(18(26)8-9-19(21)28-15)14-25-12-10-24(2)11-13-25/h3-9,26H,10-14H2,1-2H3,(H,23,27). The summed E-state index contributed by atoms with van der Waals surface area (Å²) in [5.41, 5.74) is 2.58. The largest absolute Gasteiger partial charge is 0.508 e. The molecule has 1 aromatic heterocycles. The highest BCUT2D eigenvalue weighted by atomic mass is 16.3. The van der Waals surface area contributed by atoms with Crippen LogP contribution in [0, 0.1) is 6.92 Å². The molecule has 0 unspecified atom stereocenters. The van der Waals surface area contributed by atoms with Gasteiger partial charge >= 0.3 is 0 Å². The van der Waals surface area contributed by atoms with Crippen LogP contribution in [0.2, 0.25) is 0 Å². The molecule has 6 nitrogen and oxygen atoms in total. The number of aromatic hydroxyl groups is 1. The van der Waals surface area contributed by atoms with E-state index in [1.165, 1.54) is 0 Å². The highest BCUT2D eigenvalue weighted by molar-refractivity contribution is 6.14. The number of phenols is 1. The molecule has 1 aliphatic heterocycles. The number of carbonyl (C=O) groups is 1. The first-order chi connectivity index (χ1) is 13.5. The molecule has 2 heterocycles. The molecule has 0 aliphatic carbocycles. The second kappa shape index (κ2) is 7.66. The van der Waals surface area contributed by atoms with Crippen molar-refractivity contribution in [2.75, 3.05) is 38.5 Å².